The van der Waals surface area contributed by atoms with E-state index in [4.69, 9.17) is 22.7 Å². The normalized spacial score (nSPS) is 18.6. The fourth-order valence-electron chi connectivity index (χ4n) is 1.93. The number of nitrogens with one attached hydrogen (secondary N) is 1. The summed E-state index contributed by atoms with van der Waals surface area (Å²) in [5.74, 6) is -0.122. The zero-order valence-electron chi connectivity index (χ0n) is 10.0. The van der Waals surface area contributed by atoms with E-state index in [1.165, 1.54) is 0 Å². The van der Waals surface area contributed by atoms with E-state index in [-0.39, 0.29) is 12.0 Å². The highest BCUT2D eigenvalue weighted by Gasteiger charge is 2.16. The van der Waals surface area contributed by atoms with Crippen molar-refractivity contribution in [3.63, 3.8) is 0 Å². The average molecular weight is 264 g/mol. The third-order valence-electron chi connectivity index (χ3n) is 2.92. The molecule has 0 saturated carbocycles. The molecule has 0 bridgehead atoms. The molecule has 18 heavy (non-hydrogen) atoms. The molecule has 1 atom stereocenters. The van der Waals surface area contributed by atoms with Gasteiger partial charge in [0, 0.05) is 24.3 Å². The molecule has 2 rings (SSSR count). The fraction of sp³-hybridized carbons (Fsp3) is 0.385. The number of ether oxygens (including phenoxy) is 1. The number of amides is 1. The second-order valence-corrected chi connectivity index (χ2v) is 4.73. The Morgan fingerprint density at radius 2 is 2.28 bits per heavy atom. The first-order chi connectivity index (χ1) is 8.66. The Hall–Kier alpha value is -1.46. The van der Waals surface area contributed by atoms with Gasteiger partial charge in [0.05, 0.1) is 6.10 Å². The first-order valence-electron chi connectivity index (χ1n) is 5.96. The zero-order valence-corrected chi connectivity index (χ0v) is 10.8. The van der Waals surface area contributed by atoms with Crippen molar-refractivity contribution < 1.29 is 9.53 Å². The van der Waals surface area contributed by atoms with Gasteiger partial charge in [-0.2, -0.15) is 0 Å². The van der Waals surface area contributed by atoms with Crippen molar-refractivity contribution in [3.05, 3.63) is 35.4 Å². The smallest absolute Gasteiger partial charge is 0.251 e. The first kappa shape index (κ1) is 13.0. The van der Waals surface area contributed by atoms with Crippen LogP contribution in [0.25, 0.3) is 0 Å². The van der Waals surface area contributed by atoms with Crippen LogP contribution in [-0.2, 0) is 4.74 Å². The minimum Gasteiger partial charge on any atom is -0.389 e. The van der Waals surface area contributed by atoms with E-state index in [1.54, 1.807) is 24.3 Å². The topological polar surface area (TPSA) is 64.4 Å². The third-order valence-corrected chi connectivity index (χ3v) is 3.16. The summed E-state index contributed by atoms with van der Waals surface area (Å²) in [7, 11) is 0. The second kappa shape index (κ2) is 5.93. The van der Waals surface area contributed by atoms with Gasteiger partial charge < -0.3 is 15.8 Å². The zero-order chi connectivity index (χ0) is 13.0. The quantitative estimate of drug-likeness (QED) is 0.803. The highest BCUT2D eigenvalue weighted by atomic mass is 32.1. The molecular formula is C13H16N2O2S. The van der Waals surface area contributed by atoms with Crippen molar-refractivity contribution in [2.24, 2.45) is 5.73 Å². The molecule has 5 heteroatoms. The summed E-state index contributed by atoms with van der Waals surface area (Å²) in [5.41, 5.74) is 6.81. The Labute approximate surface area is 112 Å². The summed E-state index contributed by atoms with van der Waals surface area (Å²) in [6.45, 7) is 1.34. The number of rotatable bonds is 4. The number of hydrogen-bond donors (Lipinski definition) is 2. The predicted molar refractivity (Wildman–Crippen MR) is 73.6 cm³/mol. The van der Waals surface area contributed by atoms with E-state index >= 15 is 0 Å². The van der Waals surface area contributed by atoms with Crippen LogP contribution < -0.4 is 11.1 Å². The molecule has 1 amide bonds. The number of benzene rings is 1. The van der Waals surface area contributed by atoms with Crippen LogP contribution in [-0.4, -0.2) is 30.2 Å². The van der Waals surface area contributed by atoms with Crippen LogP contribution >= 0.6 is 12.2 Å². The molecule has 4 nitrogen and oxygen atoms in total. The van der Waals surface area contributed by atoms with Crippen LogP contribution in [0.3, 0.4) is 0 Å². The molecule has 0 radical (unpaired) electrons. The summed E-state index contributed by atoms with van der Waals surface area (Å²) in [5, 5.41) is 2.86. The molecule has 0 spiro atoms. The molecule has 1 aliphatic rings. The maximum Gasteiger partial charge on any atom is 0.251 e. The van der Waals surface area contributed by atoms with Gasteiger partial charge in [-0.1, -0.05) is 24.4 Å². The van der Waals surface area contributed by atoms with Crippen molar-refractivity contribution in [3.8, 4) is 0 Å². The van der Waals surface area contributed by atoms with Crippen molar-refractivity contribution in [2.75, 3.05) is 13.2 Å². The standard InChI is InChI=1S/C13H16N2O2S/c14-12(18)9-3-1-4-10(7-9)13(16)15-8-11-5-2-6-17-11/h1,3-4,7,11H,2,5-6,8H2,(H2,14,18)(H,15,16). The van der Waals surface area contributed by atoms with Gasteiger partial charge in [-0.25, -0.2) is 0 Å². The summed E-state index contributed by atoms with van der Waals surface area (Å²) >= 11 is 4.89. The Bertz CT molecular complexity index is 456. The van der Waals surface area contributed by atoms with Crippen LogP contribution in [0.2, 0.25) is 0 Å². The van der Waals surface area contributed by atoms with E-state index in [9.17, 15) is 4.79 Å². The fourth-order valence-corrected chi connectivity index (χ4v) is 2.05. The molecular weight excluding hydrogens is 248 g/mol. The molecule has 1 aromatic carbocycles. The minimum atomic E-state index is -0.122. The largest absolute Gasteiger partial charge is 0.389 e. The van der Waals surface area contributed by atoms with Gasteiger partial charge in [0.1, 0.15) is 4.99 Å². The van der Waals surface area contributed by atoms with Crippen molar-refractivity contribution in [1.29, 1.82) is 0 Å². The SMILES string of the molecule is NC(=S)c1cccc(C(=O)NCC2CCCO2)c1. The number of carbonyl (C=O) groups is 1. The molecule has 1 heterocycles. The van der Waals surface area contributed by atoms with E-state index in [0.29, 0.717) is 22.7 Å². The minimum absolute atomic E-state index is 0.122. The van der Waals surface area contributed by atoms with Gasteiger partial charge in [-0.15, -0.1) is 0 Å². The van der Waals surface area contributed by atoms with Crippen LogP contribution in [0.4, 0.5) is 0 Å². The van der Waals surface area contributed by atoms with Gasteiger partial charge in [0.2, 0.25) is 0 Å². The lowest BCUT2D eigenvalue weighted by atomic mass is 10.1. The van der Waals surface area contributed by atoms with Crippen LogP contribution in [0, 0.1) is 0 Å². The van der Waals surface area contributed by atoms with Crippen molar-refractivity contribution in [2.45, 2.75) is 18.9 Å². The molecule has 96 valence electrons. The predicted octanol–water partition coefficient (Wildman–Crippen LogP) is 1.23. The Morgan fingerprint density at radius 1 is 1.50 bits per heavy atom. The first-order valence-corrected chi connectivity index (χ1v) is 6.37. The molecule has 1 aromatic rings. The molecule has 1 fully saturated rings. The summed E-state index contributed by atoms with van der Waals surface area (Å²) in [4.78, 5) is 12.2. The molecule has 1 unspecified atom stereocenters. The summed E-state index contributed by atoms with van der Waals surface area (Å²) < 4.78 is 5.45. The Balaban J connectivity index is 1.95. The van der Waals surface area contributed by atoms with Crippen molar-refractivity contribution in [1.82, 2.24) is 5.32 Å². The van der Waals surface area contributed by atoms with E-state index < -0.39 is 0 Å². The maximum atomic E-state index is 11.9. The van der Waals surface area contributed by atoms with Gasteiger partial charge in [-0.3, -0.25) is 4.79 Å². The average Bonchev–Trinajstić information content (AvgIpc) is 2.89. The Morgan fingerprint density at radius 3 is 2.94 bits per heavy atom. The van der Waals surface area contributed by atoms with Gasteiger partial charge in [-0.05, 0) is 25.0 Å². The lowest BCUT2D eigenvalue weighted by Gasteiger charge is -2.11. The highest BCUT2D eigenvalue weighted by Crippen LogP contribution is 2.11. The number of thiocarbonyl (C=S) groups is 1. The number of carbonyl (C=O) groups excluding carboxylic acids is 1. The highest BCUT2D eigenvalue weighted by molar-refractivity contribution is 7.80. The van der Waals surface area contributed by atoms with E-state index in [1.807, 2.05) is 0 Å². The van der Waals surface area contributed by atoms with E-state index in [2.05, 4.69) is 5.32 Å². The monoisotopic (exact) mass is 264 g/mol. The van der Waals surface area contributed by atoms with Crippen molar-refractivity contribution >= 4 is 23.1 Å². The second-order valence-electron chi connectivity index (χ2n) is 4.29. The van der Waals surface area contributed by atoms with Gasteiger partial charge in [0.15, 0.2) is 0 Å². The lowest BCUT2D eigenvalue weighted by molar-refractivity contribution is 0.0858. The summed E-state index contributed by atoms with van der Waals surface area (Å²) in [6, 6.07) is 7.01. The lowest BCUT2D eigenvalue weighted by Crippen LogP contribution is -2.31. The molecule has 1 saturated heterocycles. The number of hydrogen-bond acceptors (Lipinski definition) is 3. The Kier molecular flexibility index (Phi) is 4.28. The summed E-state index contributed by atoms with van der Waals surface area (Å²) in [6.07, 6.45) is 2.22. The number of nitrogens with two attached hydrogens (primary N) is 1. The van der Waals surface area contributed by atoms with Gasteiger partial charge in [0.25, 0.3) is 5.91 Å². The van der Waals surface area contributed by atoms with Crippen LogP contribution in [0.5, 0.6) is 0 Å². The van der Waals surface area contributed by atoms with Crippen LogP contribution in [0.1, 0.15) is 28.8 Å². The molecule has 0 aliphatic carbocycles. The molecule has 3 N–H and O–H groups in total. The van der Waals surface area contributed by atoms with Crippen LogP contribution in [0.15, 0.2) is 24.3 Å². The van der Waals surface area contributed by atoms with E-state index in [0.717, 1.165) is 19.4 Å². The molecule has 1 aliphatic heterocycles. The van der Waals surface area contributed by atoms with Gasteiger partial charge >= 0.3 is 0 Å². The third kappa shape index (κ3) is 3.27. The molecule has 0 aromatic heterocycles. The maximum absolute atomic E-state index is 11.9.